The summed E-state index contributed by atoms with van der Waals surface area (Å²) in [5, 5.41) is 5.74. The van der Waals surface area contributed by atoms with Gasteiger partial charge in [-0.25, -0.2) is 4.98 Å². The maximum Gasteiger partial charge on any atom is 0.286 e. The number of carbonyl (C=O) groups is 2. The molecule has 0 spiro atoms. The Bertz CT molecular complexity index is 1200. The van der Waals surface area contributed by atoms with Crippen LogP contribution in [0.3, 0.4) is 0 Å². The van der Waals surface area contributed by atoms with Crippen LogP contribution in [-0.4, -0.2) is 35.0 Å². The first kappa shape index (κ1) is 21.2. The first-order valence-electron chi connectivity index (χ1n) is 10.3. The van der Waals surface area contributed by atoms with E-state index < -0.39 is 0 Å². The molecule has 0 atom stereocenters. The first-order chi connectivity index (χ1) is 15.6. The third kappa shape index (κ3) is 4.97. The standard InChI is InChI=1S/C24H24N4O4/c1-31-18-12-10-17(11-13-18)26-23(29)16-28-20-7-3-2-6-19(20)27-22(28)9-4-14-25-24(30)21-8-5-15-32-21/h2-3,5-8,10-13,15H,4,9,14,16H2,1H3,(H,25,30)(H,26,29). The Labute approximate surface area is 185 Å². The Kier molecular flexibility index (Phi) is 6.50. The first-order valence-corrected chi connectivity index (χ1v) is 10.3. The van der Waals surface area contributed by atoms with E-state index in [9.17, 15) is 9.59 Å². The summed E-state index contributed by atoms with van der Waals surface area (Å²) in [5.41, 5.74) is 2.42. The maximum absolute atomic E-state index is 12.7. The highest BCUT2D eigenvalue weighted by atomic mass is 16.5. The highest BCUT2D eigenvalue weighted by Gasteiger charge is 2.14. The van der Waals surface area contributed by atoms with Gasteiger partial charge < -0.3 is 24.4 Å². The van der Waals surface area contributed by atoms with Gasteiger partial charge >= 0.3 is 0 Å². The van der Waals surface area contributed by atoms with Crippen LogP contribution in [0.15, 0.2) is 71.3 Å². The van der Waals surface area contributed by atoms with Crippen LogP contribution in [0.1, 0.15) is 22.8 Å². The van der Waals surface area contributed by atoms with Gasteiger partial charge in [0.2, 0.25) is 5.91 Å². The average Bonchev–Trinajstić information content (AvgIpc) is 3.46. The lowest BCUT2D eigenvalue weighted by molar-refractivity contribution is -0.116. The number of imidazole rings is 1. The number of hydrogen-bond donors (Lipinski definition) is 2. The number of anilines is 1. The number of benzene rings is 2. The molecule has 2 aromatic heterocycles. The van der Waals surface area contributed by atoms with Gasteiger partial charge in [0, 0.05) is 18.7 Å². The van der Waals surface area contributed by atoms with Crippen LogP contribution in [0.5, 0.6) is 5.75 Å². The molecule has 32 heavy (non-hydrogen) atoms. The van der Waals surface area contributed by atoms with Crippen LogP contribution in [0.4, 0.5) is 5.69 Å². The number of para-hydroxylation sites is 2. The number of fused-ring (bicyclic) bond motifs is 1. The number of carbonyl (C=O) groups excluding carboxylic acids is 2. The van der Waals surface area contributed by atoms with Crippen LogP contribution in [0, 0.1) is 0 Å². The highest BCUT2D eigenvalue weighted by Crippen LogP contribution is 2.19. The minimum Gasteiger partial charge on any atom is -0.497 e. The zero-order chi connectivity index (χ0) is 22.3. The van der Waals surface area contributed by atoms with Gasteiger partial charge in [0.15, 0.2) is 5.76 Å². The SMILES string of the molecule is COc1ccc(NC(=O)Cn2c(CCCNC(=O)c3ccco3)nc3ccccc32)cc1. The van der Waals surface area contributed by atoms with Crippen molar-refractivity contribution in [2.24, 2.45) is 0 Å². The largest absolute Gasteiger partial charge is 0.497 e. The van der Waals surface area contributed by atoms with Crippen LogP contribution < -0.4 is 15.4 Å². The molecular weight excluding hydrogens is 408 g/mol. The molecular formula is C24H24N4O4. The van der Waals surface area contributed by atoms with E-state index in [0.717, 1.165) is 22.6 Å². The molecule has 0 aliphatic carbocycles. The summed E-state index contributed by atoms with van der Waals surface area (Å²) >= 11 is 0. The van der Waals surface area contributed by atoms with Gasteiger partial charge in [0.05, 0.1) is 24.4 Å². The predicted octanol–water partition coefficient (Wildman–Crippen LogP) is 3.64. The summed E-state index contributed by atoms with van der Waals surface area (Å²) in [5.74, 6) is 1.41. The molecule has 164 valence electrons. The van der Waals surface area contributed by atoms with Crippen LogP contribution in [-0.2, 0) is 17.8 Å². The molecule has 0 radical (unpaired) electrons. The van der Waals surface area contributed by atoms with Gasteiger partial charge in [-0.2, -0.15) is 0 Å². The lowest BCUT2D eigenvalue weighted by Crippen LogP contribution is -2.25. The normalized spacial score (nSPS) is 10.8. The topological polar surface area (TPSA) is 98.4 Å². The maximum atomic E-state index is 12.7. The summed E-state index contributed by atoms with van der Waals surface area (Å²) in [6.45, 7) is 0.613. The van der Waals surface area contributed by atoms with Gasteiger partial charge in [0.1, 0.15) is 18.1 Å². The van der Waals surface area contributed by atoms with Crippen LogP contribution in [0.25, 0.3) is 11.0 Å². The van der Waals surface area contributed by atoms with Gasteiger partial charge in [-0.05, 0) is 55.0 Å². The van der Waals surface area contributed by atoms with Crippen LogP contribution >= 0.6 is 0 Å². The van der Waals surface area contributed by atoms with E-state index >= 15 is 0 Å². The van der Waals surface area contributed by atoms with E-state index in [0.29, 0.717) is 25.1 Å². The van der Waals surface area contributed by atoms with E-state index in [1.807, 2.05) is 28.8 Å². The van der Waals surface area contributed by atoms with Gasteiger partial charge in [-0.1, -0.05) is 12.1 Å². The second-order valence-electron chi connectivity index (χ2n) is 7.22. The van der Waals surface area contributed by atoms with E-state index in [1.54, 1.807) is 43.5 Å². The number of hydrogen-bond acceptors (Lipinski definition) is 5. The second kappa shape index (κ2) is 9.82. The molecule has 0 unspecified atom stereocenters. The number of methoxy groups -OCH3 is 1. The molecule has 8 heteroatoms. The van der Waals surface area contributed by atoms with Gasteiger partial charge in [-0.15, -0.1) is 0 Å². The summed E-state index contributed by atoms with van der Waals surface area (Å²) in [6, 6.07) is 18.2. The van der Waals surface area contributed by atoms with Crippen molar-refractivity contribution < 1.29 is 18.7 Å². The molecule has 0 bridgehead atoms. The Hall–Kier alpha value is -4.07. The third-order valence-corrected chi connectivity index (χ3v) is 5.02. The fraction of sp³-hybridized carbons (Fsp3) is 0.208. The molecule has 0 saturated carbocycles. The summed E-state index contributed by atoms with van der Waals surface area (Å²) in [6.07, 6.45) is 2.76. The molecule has 2 aromatic carbocycles. The lowest BCUT2D eigenvalue weighted by atomic mass is 10.2. The van der Waals surface area contributed by atoms with Gasteiger partial charge in [0.25, 0.3) is 5.91 Å². The van der Waals surface area contributed by atoms with Crippen molar-refractivity contribution in [3.8, 4) is 5.75 Å². The zero-order valence-electron chi connectivity index (χ0n) is 17.7. The minimum atomic E-state index is -0.248. The van der Waals surface area contributed by atoms with Crippen molar-refractivity contribution in [1.82, 2.24) is 14.9 Å². The number of nitrogens with one attached hydrogen (secondary N) is 2. The molecule has 0 fully saturated rings. The summed E-state index contributed by atoms with van der Waals surface area (Å²) in [7, 11) is 1.60. The number of rotatable bonds is 9. The molecule has 2 amide bonds. The highest BCUT2D eigenvalue weighted by molar-refractivity contribution is 5.92. The van der Waals surface area contributed by atoms with Crippen molar-refractivity contribution in [2.45, 2.75) is 19.4 Å². The number of nitrogens with zero attached hydrogens (tertiary/aromatic N) is 2. The zero-order valence-corrected chi connectivity index (χ0v) is 17.7. The Morgan fingerprint density at radius 3 is 2.62 bits per heavy atom. The van der Waals surface area contributed by atoms with E-state index in [-0.39, 0.29) is 24.1 Å². The quantitative estimate of drug-likeness (QED) is 0.394. The molecule has 0 saturated heterocycles. The van der Waals surface area contributed by atoms with Crippen molar-refractivity contribution in [3.63, 3.8) is 0 Å². The minimum absolute atomic E-state index is 0.140. The fourth-order valence-electron chi connectivity index (χ4n) is 3.45. The molecule has 4 rings (SSSR count). The van der Waals surface area contributed by atoms with E-state index in [4.69, 9.17) is 14.1 Å². The van der Waals surface area contributed by atoms with Crippen molar-refractivity contribution in [3.05, 3.63) is 78.5 Å². The van der Waals surface area contributed by atoms with Crippen molar-refractivity contribution in [1.29, 1.82) is 0 Å². The van der Waals surface area contributed by atoms with Gasteiger partial charge in [-0.3, -0.25) is 9.59 Å². The molecule has 2 N–H and O–H groups in total. The van der Waals surface area contributed by atoms with E-state index in [2.05, 4.69) is 10.6 Å². The smallest absolute Gasteiger partial charge is 0.286 e. The third-order valence-electron chi connectivity index (χ3n) is 5.02. The predicted molar refractivity (Wildman–Crippen MR) is 121 cm³/mol. The van der Waals surface area contributed by atoms with Crippen LogP contribution in [0.2, 0.25) is 0 Å². The lowest BCUT2D eigenvalue weighted by Gasteiger charge is -2.11. The molecule has 8 nitrogen and oxygen atoms in total. The average molecular weight is 432 g/mol. The fourth-order valence-corrected chi connectivity index (χ4v) is 3.45. The Balaban J connectivity index is 1.41. The van der Waals surface area contributed by atoms with Crippen molar-refractivity contribution in [2.75, 3.05) is 19.0 Å². The summed E-state index contributed by atoms with van der Waals surface area (Å²) in [4.78, 5) is 29.4. The molecule has 0 aliphatic rings. The number of furan rings is 1. The number of aromatic nitrogens is 2. The molecule has 2 heterocycles. The Morgan fingerprint density at radius 1 is 1.06 bits per heavy atom. The number of ether oxygens (including phenoxy) is 1. The molecule has 4 aromatic rings. The monoisotopic (exact) mass is 432 g/mol. The number of amides is 2. The Morgan fingerprint density at radius 2 is 1.88 bits per heavy atom. The van der Waals surface area contributed by atoms with Crippen molar-refractivity contribution >= 4 is 28.5 Å². The molecule has 0 aliphatic heterocycles. The summed E-state index contributed by atoms with van der Waals surface area (Å²) < 4.78 is 12.2. The number of aryl methyl sites for hydroxylation is 1. The van der Waals surface area contributed by atoms with E-state index in [1.165, 1.54) is 6.26 Å². The second-order valence-corrected chi connectivity index (χ2v) is 7.22.